The molecule has 10 heteroatoms. The molecule has 1 amide bonds. The molecule has 0 unspecified atom stereocenters. The van der Waals surface area contributed by atoms with E-state index in [1.165, 1.54) is 7.11 Å². The quantitative estimate of drug-likeness (QED) is 0.250. The Morgan fingerprint density at radius 1 is 0.900 bits per heavy atom. The van der Waals surface area contributed by atoms with Gasteiger partial charge in [0.05, 0.1) is 26.5 Å². The Bertz CT molecular complexity index is 1430. The zero-order chi connectivity index (χ0) is 28.5. The van der Waals surface area contributed by atoms with Crippen LogP contribution in [0.4, 0.5) is 4.79 Å². The van der Waals surface area contributed by atoms with Crippen LogP contribution in [0, 0.1) is 6.92 Å². The molecule has 0 saturated heterocycles. The number of hydrogen-bond acceptors (Lipinski definition) is 8. The van der Waals surface area contributed by atoms with Gasteiger partial charge in [-0.1, -0.05) is 18.2 Å². The third-order valence-corrected chi connectivity index (χ3v) is 5.96. The molecule has 1 aromatic heterocycles. The summed E-state index contributed by atoms with van der Waals surface area (Å²) in [5.74, 6) is 2.33. The molecule has 0 aliphatic heterocycles. The Morgan fingerprint density at radius 2 is 1.57 bits per heavy atom. The molecule has 4 rings (SSSR count). The lowest BCUT2D eigenvalue weighted by molar-refractivity contribution is -0.138. The van der Waals surface area contributed by atoms with E-state index in [-0.39, 0.29) is 12.3 Å². The van der Waals surface area contributed by atoms with Crippen LogP contribution in [0.25, 0.3) is 11.5 Å². The topological polar surface area (TPSA) is 121 Å². The molecular formula is C30H30N2O8. The van der Waals surface area contributed by atoms with Crippen LogP contribution in [0.3, 0.4) is 0 Å². The standard InChI is InChI=1S/C30H30N2O8/c1-20-27(31-29(39-20)22-5-4-6-26(17-22)37-3)15-16-38-24-9-7-21(8-10-24)18-32(19-28(33)34)30(35)40-25-13-11-23(36-2)12-14-25/h4-14,17H,15-16,18-19H2,1-3H3,(H,33,34). The van der Waals surface area contributed by atoms with Crippen LogP contribution < -0.4 is 18.9 Å². The van der Waals surface area contributed by atoms with Gasteiger partial charge in [0.15, 0.2) is 0 Å². The van der Waals surface area contributed by atoms with Gasteiger partial charge in [0.25, 0.3) is 0 Å². The molecule has 208 valence electrons. The molecule has 0 aliphatic carbocycles. The molecule has 0 atom stereocenters. The number of benzene rings is 3. The number of oxazole rings is 1. The smallest absolute Gasteiger partial charge is 0.416 e. The lowest BCUT2D eigenvalue weighted by Gasteiger charge is -2.20. The number of hydrogen-bond donors (Lipinski definition) is 1. The Balaban J connectivity index is 1.32. The number of carboxylic acids is 1. The van der Waals surface area contributed by atoms with E-state index >= 15 is 0 Å². The van der Waals surface area contributed by atoms with Crippen molar-refractivity contribution in [3.8, 4) is 34.5 Å². The zero-order valence-corrected chi connectivity index (χ0v) is 22.5. The van der Waals surface area contributed by atoms with Gasteiger partial charge in [-0.15, -0.1) is 0 Å². The highest BCUT2D eigenvalue weighted by Gasteiger charge is 2.20. The number of carbonyl (C=O) groups excluding carboxylic acids is 1. The van der Waals surface area contributed by atoms with Gasteiger partial charge in [0, 0.05) is 18.5 Å². The van der Waals surface area contributed by atoms with Crippen LogP contribution in [-0.2, 0) is 17.8 Å². The van der Waals surface area contributed by atoms with E-state index in [0.717, 1.165) is 33.2 Å². The van der Waals surface area contributed by atoms with Gasteiger partial charge in [-0.2, -0.15) is 0 Å². The summed E-state index contributed by atoms with van der Waals surface area (Å²) >= 11 is 0. The molecule has 0 saturated carbocycles. The molecule has 0 fully saturated rings. The summed E-state index contributed by atoms with van der Waals surface area (Å²) in [6, 6.07) is 21.0. The van der Waals surface area contributed by atoms with Crippen molar-refractivity contribution >= 4 is 12.1 Å². The van der Waals surface area contributed by atoms with Gasteiger partial charge in [-0.25, -0.2) is 9.78 Å². The molecule has 10 nitrogen and oxygen atoms in total. The number of methoxy groups -OCH3 is 2. The fourth-order valence-electron chi connectivity index (χ4n) is 3.87. The molecule has 4 aromatic rings. The van der Waals surface area contributed by atoms with E-state index in [9.17, 15) is 14.7 Å². The minimum atomic E-state index is -1.15. The van der Waals surface area contributed by atoms with Gasteiger partial charge in [0.2, 0.25) is 5.89 Å². The van der Waals surface area contributed by atoms with Crippen LogP contribution in [0.15, 0.2) is 77.2 Å². The van der Waals surface area contributed by atoms with E-state index in [2.05, 4.69) is 4.98 Å². The molecule has 0 bridgehead atoms. The van der Waals surface area contributed by atoms with Gasteiger partial charge in [-0.05, 0) is 67.1 Å². The summed E-state index contributed by atoms with van der Waals surface area (Å²) in [4.78, 5) is 29.7. The highest BCUT2D eigenvalue weighted by atomic mass is 16.6. The number of amides is 1. The Labute approximate surface area is 231 Å². The van der Waals surface area contributed by atoms with Gasteiger partial charge < -0.3 is 28.5 Å². The van der Waals surface area contributed by atoms with E-state index in [0.29, 0.717) is 30.4 Å². The fraction of sp³-hybridized carbons (Fsp3) is 0.233. The van der Waals surface area contributed by atoms with Crippen molar-refractivity contribution < 1.29 is 38.1 Å². The third-order valence-electron chi connectivity index (χ3n) is 5.96. The number of carboxylic acid groups (broad SMARTS) is 1. The van der Waals surface area contributed by atoms with Crippen LogP contribution in [0.5, 0.6) is 23.0 Å². The van der Waals surface area contributed by atoms with Crippen molar-refractivity contribution in [2.75, 3.05) is 27.4 Å². The number of aliphatic carboxylic acids is 1. The lowest BCUT2D eigenvalue weighted by atomic mass is 10.2. The SMILES string of the molecule is COc1ccc(OC(=O)N(CC(=O)O)Cc2ccc(OCCc3nc(-c4cccc(OC)c4)oc3C)cc2)cc1. The van der Waals surface area contributed by atoms with Crippen molar-refractivity contribution in [1.82, 2.24) is 9.88 Å². The Kier molecular flexibility index (Phi) is 9.24. The normalized spacial score (nSPS) is 10.6. The average molecular weight is 547 g/mol. The van der Waals surface area contributed by atoms with Gasteiger partial charge >= 0.3 is 12.1 Å². The summed E-state index contributed by atoms with van der Waals surface area (Å²) in [5, 5.41) is 9.29. The molecule has 1 heterocycles. The van der Waals surface area contributed by atoms with Crippen LogP contribution in [-0.4, -0.2) is 54.4 Å². The van der Waals surface area contributed by atoms with Crippen molar-refractivity contribution in [1.29, 1.82) is 0 Å². The number of carbonyl (C=O) groups is 2. The molecule has 40 heavy (non-hydrogen) atoms. The van der Waals surface area contributed by atoms with E-state index in [1.54, 1.807) is 55.6 Å². The molecule has 0 aliphatic rings. The Morgan fingerprint density at radius 3 is 2.25 bits per heavy atom. The number of ether oxygens (including phenoxy) is 4. The minimum absolute atomic E-state index is 0.0484. The number of aromatic nitrogens is 1. The summed E-state index contributed by atoms with van der Waals surface area (Å²) in [7, 11) is 3.14. The first-order chi connectivity index (χ1) is 19.3. The van der Waals surface area contributed by atoms with Crippen molar-refractivity contribution in [3.63, 3.8) is 0 Å². The summed E-state index contributed by atoms with van der Waals surface area (Å²) in [6.45, 7) is 1.78. The monoisotopic (exact) mass is 546 g/mol. The predicted molar refractivity (Wildman–Crippen MR) is 146 cm³/mol. The second-order valence-corrected chi connectivity index (χ2v) is 8.79. The maximum absolute atomic E-state index is 12.7. The Hall–Kier alpha value is -4.99. The largest absolute Gasteiger partial charge is 0.497 e. The van der Waals surface area contributed by atoms with Gasteiger partial charge in [-0.3, -0.25) is 9.69 Å². The molecule has 0 radical (unpaired) electrons. The van der Waals surface area contributed by atoms with Crippen LogP contribution >= 0.6 is 0 Å². The molecular weight excluding hydrogens is 516 g/mol. The highest BCUT2D eigenvalue weighted by Crippen LogP contribution is 2.26. The third kappa shape index (κ3) is 7.53. The fourth-order valence-corrected chi connectivity index (χ4v) is 3.87. The maximum atomic E-state index is 12.7. The van der Waals surface area contributed by atoms with Crippen LogP contribution in [0.1, 0.15) is 17.0 Å². The zero-order valence-electron chi connectivity index (χ0n) is 22.5. The van der Waals surface area contributed by atoms with Crippen molar-refractivity contribution in [2.24, 2.45) is 0 Å². The average Bonchev–Trinajstić information content (AvgIpc) is 3.34. The van der Waals surface area contributed by atoms with E-state index in [4.69, 9.17) is 23.4 Å². The summed E-state index contributed by atoms with van der Waals surface area (Å²) < 4.78 is 27.4. The van der Waals surface area contributed by atoms with Crippen molar-refractivity contribution in [2.45, 2.75) is 19.9 Å². The molecule has 3 aromatic carbocycles. The number of nitrogens with zero attached hydrogens (tertiary/aromatic N) is 2. The minimum Gasteiger partial charge on any atom is -0.497 e. The van der Waals surface area contributed by atoms with Gasteiger partial charge in [0.1, 0.15) is 35.3 Å². The first-order valence-corrected chi connectivity index (χ1v) is 12.5. The maximum Gasteiger partial charge on any atom is 0.416 e. The lowest BCUT2D eigenvalue weighted by Crippen LogP contribution is -2.37. The van der Waals surface area contributed by atoms with E-state index in [1.807, 2.05) is 31.2 Å². The molecule has 0 spiro atoms. The predicted octanol–water partition coefficient (Wildman–Crippen LogP) is 5.37. The van der Waals surface area contributed by atoms with Crippen molar-refractivity contribution in [3.05, 3.63) is 89.8 Å². The van der Waals surface area contributed by atoms with Crippen LogP contribution in [0.2, 0.25) is 0 Å². The second kappa shape index (κ2) is 13.2. The summed E-state index contributed by atoms with van der Waals surface area (Å²) in [5.41, 5.74) is 2.35. The number of aryl methyl sites for hydroxylation is 1. The first-order valence-electron chi connectivity index (χ1n) is 12.5. The van der Waals surface area contributed by atoms with E-state index < -0.39 is 18.6 Å². The number of rotatable bonds is 12. The second-order valence-electron chi connectivity index (χ2n) is 8.79. The summed E-state index contributed by atoms with van der Waals surface area (Å²) in [6.07, 6.45) is -0.228. The molecule has 1 N–H and O–H groups in total. The first kappa shape index (κ1) is 28.0. The highest BCUT2D eigenvalue weighted by molar-refractivity contribution is 5.78.